The molecule has 248 valence electrons. The van der Waals surface area contributed by atoms with Crippen LogP contribution in [0.3, 0.4) is 0 Å². The molecule has 2 aromatic rings. The number of aromatic nitrogens is 2. The fourth-order valence-electron chi connectivity index (χ4n) is 3.84. The molecule has 3 rings (SSSR count). The zero-order valence-electron chi connectivity index (χ0n) is 22.7. The van der Waals surface area contributed by atoms with Gasteiger partial charge in [-0.1, -0.05) is 11.8 Å². The molecule has 0 radical (unpaired) electrons. The quantitative estimate of drug-likeness (QED) is 0.0528. The van der Waals surface area contributed by atoms with Crippen LogP contribution in [0, 0.1) is 11.8 Å². The number of hydrogen-bond donors (Lipinski definition) is 8. The number of esters is 1. The van der Waals surface area contributed by atoms with Crippen molar-refractivity contribution in [2.45, 2.75) is 31.4 Å². The Labute approximate surface area is 252 Å². The van der Waals surface area contributed by atoms with Crippen LogP contribution in [0.5, 0.6) is 5.75 Å². The molecule has 1 aliphatic rings. The van der Waals surface area contributed by atoms with Crippen LogP contribution in [0.1, 0.15) is 34.1 Å². The van der Waals surface area contributed by atoms with Crippen LogP contribution in [0.15, 0.2) is 34.0 Å². The summed E-state index contributed by atoms with van der Waals surface area (Å²) in [6, 6.07) is 3.88. The molecule has 1 fully saturated rings. The maximum Gasteiger partial charge on any atom is 0.490 e. The number of nitrogens with zero attached hydrogens (tertiary/aromatic N) is 1. The molecular formula is C21H27N4O17P3. The molecule has 1 aliphatic heterocycles. The van der Waals surface area contributed by atoms with E-state index in [1.807, 2.05) is 4.98 Å². The average molecular weight is 700 g/mol. The monoisotopic (exact) mass is 700 g/mol. The van der Waals surface area contributed by atoms with Crippen molar-refractivity contribution in [2.24, 2.45) is 11.5 Å². The van der Waals surface area contributed by atoms with E-state index < -0.39 is 72.3 Å². The molecule has 3 unspecified atom stereocenters. The van der Waals surface area contributed by atoms with Crippen LogP contribution in [0.4, 0.5) is 0 Å². The topological polar surface area (TPSA) is 332 Å². The summed E-state index contributed by atoms with van der Waals surface area (Å²) in [4.78, 5) is 75.5. The summed E-state index contributed by atoms with van der Waals surface area (Å²) in [5.74, 6) is 4.01. The highest BCUT2D eigenvalue weighted by atomic mass is 31.3. The number of benzene rings is 1. The van der Waals surface area contributed by atoms with Crippen molar-refractivity contribution in [2.75, 3.05) is 19.9 Å². The lowest BCUT2D eigenvalue weighted by molar-refractivity contribution is -0.0602. The molecule has 0 bridgehead atoms. The van der Waals surface area contributed by atoms with E-state index in [9.17, 15) is 43.0 Å². The van der Waals surface area contributed by atoms with Crippen molar-refractivity contribution < 1.29 is 70.5 Å². The second-order valence-electron chi connectivity index (χ2n) is 8.76. The minimum atomic E-state index is -5.77. The standard InChI is InChI=1S/C21H27N4O17P3/c22-8-13-6-14(26)3-4-15(13)20(28)37-5-1-2-12-9-25(21(29)24-19(12)27)18-7-16(38-11-23)17(40-18)10-39-44(33,34)42-45(35,36)41-43(30,31)32/h3-4,6,9,16-18,26H,5,7-8,10-11,22-23H2,(H,33,34)(H,35,36)(H,24,27,29)(H2,30,31,32)/t16-,17?,18-/m1/s1. The van der Waals surface area contributed by atoms with Crippen molar-refractivity contribution in [3.05, 3.63) is 61.9 Å². The highest BCUT2D eigenvalue weighted by Crippen LogP contribution is 2.66. The van der Waals surface area contributed by atoms with Gasteiger partial charge in [-0.3, -0.25) is 18.9 Å². The third kappa shape index (κ3) is 10.8. The SMILES string of the molecule is NCO[C@@H]1C[C@H](n2cc(C#CCOC(=O)c3ccc(O)cc3CN)c(=O)[nH]c2=O)OC1COP(=O)(O)OP(=O)(O)OP(=O)(O)O. The smallest absolute Gasteiger partial charge is 0.490 e. The molecular weight excluding hydrogens is 673 g/mol. The van der Waals surface area contributed by atoms with E-state index in [0.29, 0.717) is 5.56 Å². The Morgan fingerprint density at radius 1 is 1.11 bits per heavy atom. The van der Waals surface area contributed by atoms with Gasteiger partial charge in [0, 0.05) is 19.2 Å². The van der Waals surface area contributed by atoms with Crippen LogP contribution in [0.25, 0.3) is 0 Å². The number of aromatic hydroxyl groups is 1. The molecule has 45 heavy (non-hydrogen) atoms. The summed E-state index contributed by atoms with van der Waals surface area (Å²) < 4.78 is 63.2. The molecule has 1 aromatic heterocycles. The molecule has 0 saturated carbocycles. The van der Waals surface area contributed by atoms with Crippen LogP contribution in [0.2, 0.25) is 0 Å². The first-order valence-electron chi connectivity index (χ1n) is 12.2. The number of rotatable bonds is 13. The van der Waals surface area contributed by atoms with Gasteiger partial charge in [-0.15, -0.1) is 0 Å². The number of carbonyl (C=O) groups excluding carboxylic acids is 1. The second kappa shape index (κ2) is 15.0. The van der Waals surface area contributed by atoms with E-state index in [4.69, 9.17) is 35.5 Å². The van der Waals surface area contributed by atoms with Crippen molar-refractivity contribution in [1.82, 2.24) is 9.55 Å². The molecule has 2 heterocycles. The summed E-state index contributed by atoms with van der Waals surface area (Å²) in [7, 11) is -16.9. The predicted molar refractivity (Wildman–Crippen MR) is 147 cm³/mol. The van der Waals surface area contributed by atoms with Gasteiger partial charge in [0.15, 0.2) is 6.61 Å². The normalized spacial score (nSPS) is 20.9. The van der Waals surface area contributed by atoms with E-state index >= 15 is 0 Å². The fourth-order valence-corrected chi connectivity index (χ4v) is 6.87. The Kier molecular flexibility index (Phi) is 12.2. The lowest BCUT2D eigenvalue weighted by Gasteiger charge is -2.20. The van der Waals surface area contributed by atoms with Gasteiger partial charge in [-0.05, 0) is 23.8 Å². The third-order valence-corrected chi connectivity index (χ3v) is 9.42. The molecule has 0 amide bonds. The molecule has 1 saturated heterocycles. The molecule has 24 heteroatoms. The number of phenols is 1. The number of aromatic amines is 1. The summed E-state index contributed by atoms with van der Waals surface area (Å²) in [5.41, 5.74) is 9.30. The maximum absolute atomic E-state index is 12.5. The van der Waals surface area contributed by atoms with Crippen LogP contribution < -0.4 is 22.7 Å². The first-order chi connectivity index (χ1) is 20.9. The lowest BCUT2D eigenvalue weighted by Crippen LogP contribution is -2.33. The van der Waals surface area contributed by atoms with E-state index in [0.717, 1.165) is 10.8 Å². The third-order valence-electron chi connectivity index (χ3n) is 5.61. The molecule has 0 aliphatic carbocycles. The first-order valence-corrected chi connectivity index (χ1v) is 16.7. The summed E-state index contributed by atoms with van der Waals surface area (Å²) in [6.07, 6.45) is -2.62. The summed E-state index contributed by atoms with van der Waals surface area (Å²) in [5, 5.41) is 9.54. The number of hydrogen-bond acceptors (Lipinski definition) is 15. The number of ether oxygens (including phenoxy) is 3. The Morgan fingerprint density at radius 2 is 1.82 bits per heavy atom. The van der Waals surface area contributed by atoms with Gasteiger partial charge in [0.25, 0.3) is 5.56 Å². The largest absolute Gasteiger partial charge is 0.508 e. The zero-order chi connectivity index (χ0) is 33.6. The number of phosphoric ester groups is 1. The highest BCUT2D eigenvalue weighted by Gasteiger charge is 2.43. The van der Waals surface area contributed by atoms with Crippen LogP contribution in [-0.4, -0.2) is 72.4 Å². The highest BCUT2D eigenvalue weighted by molar-refractivity contribution is 7.66. The fraction of sp³-hybridized carbons (Fsp3) is 0.381. The molecule has 10 N–H and O–H groups in total. The van der Waals surface area contributed by atoms with E-state index in [1.165, 1.54) is 18.2 Å². The van der Waals surface area contributed by atoms with Gasteiger partial charge in [-0.25, -0.2) is 23.3 Å². The van der Waals surface area contributed by atoms with Crippen molar-refractivity contribution in [1.29, 1.82) is 0 Å². The number of phenolic OH excluding ortho intramolecular Hbond substituents is 1. The Balaban J connectivity index is 1.71. The summed E-state index contributed by atoms with van der Waals surface area (Å²) >= 11 is 0. The van der Waals surface area contributed by atoms with Crippen molar-refractivity contribution in [3.8, 4) is 17.6 Å². The number of nitrogens with one attached hydrogen (secondary N) is 1. The predicted octanol–water partition coefficient (Wildman–Crippen LogP) is -1.16. The van der Waals surface area contributed by atoms with Crippen LogP contribution in [-0.2, 0) is 47.6 Å². The van der Waals surface area contributed by atoms with Gasteiger partial charge < -0.3 is 50.4 Å². The summed E-state index contributed by atoms with van der Waals surface area (Å²) in [6.45, 7) is -1.81. The maximum atomic E-state index is 12.5. The van der Waals surface area contributed by atoms with Crippen LogP contribution >= 0.6 is 23.5 Å². The Hall–Kier alpha value is -3.02. The number of nitrogens with two attached hydrogens (primary N) is 2. The van der Waals surface area contributed by atoms with Crippen molar-refractivity contribution >= 4 is 29.4 Å². The van der Waals surface area contributed by atoms with Crippen molar-refractivity contribution in [3.63, 3.8) is 0 Å². The van der Waals surface area contributed by atoms with Gasteiger partial charge in [-0.2, -0.15) is 8.62 Å². The molecule has 5 atom stereocenters. The van der Waals surface area contributed by atoms with Gasteiger partial charge in [0.2, 0.25) is 0 Å². The van der Waals surface area contributed by atoms with E-state index in [1.54, 1.807) is 0 Å². The molecule has 0 spiro atoms. The van der Waals surface area contributed by atoms with Gasteiger partial charge in [0.1, 0.15) is 23.6 Å². The second-order valence-corrected chi connectivity index (χ2v) is 13.2. The Bertz CT molecular complexity index is 1730. The van der Waals surface area contributed by atoms with Gasteiger partial charge >= 0.3 is 35.1 Å². The van der Waals surface area contributed by atoms with Gasteiger partial charge in [0.05, 0.1) is 25.0 Å². The lowest BCUT2D eigenvalue weighted by atomic mass is 10.1. The zero-order valence-corrected chi connectivity index (χ0v) is 25.3. The number of H-pyrrole nitrogens is 1. The van der Waals surface area contributed by atoms with E-state index in [-0.39, 0.29) is 36.6 Å². The average Bonchev–Trinajstić information content (AvgIpc) is 3.31. The minimum absolute atomic E-state index is 0.0546. The molecule has 21 nitrogen and oxygen atoms in total. The van der Waals surface area contributed by atoms with E-state index in [2.05, 4.69) is 25.0 Å². The number of phosphoric acid groups is 3. The number of carbonyl (C=O) groups is 1. The Morgan fingerprint density at radius 3 is 2.47 bits per heavy atom. The first kappa shape index (κ1) is 36.4. The minimum Gasteiger partial charge on any atom is -0.508 e. The molecule has 1 aromatic carbocycles.